The monoisotopic (exact) mass is 419 g/mol. The van der Waals surface area contributed by atoms with Crippen LogP contribution in [0.5, 0.6) is 0 Å². The first-order chi connectivity index (χ1) is 14.9. The first-order valence-electron chi connectivity index (χ1n) is 9.90. The smallest absolute Gasteiger partial charge is 0.261 e. The van der Waals surface area contributed by atoms with Crippen molar-refractivity contribution in [2.45, 2.75) is 33.5 Å². The molecular formula is C23H22FN5O2. The Morgan fingerprint density at radius 2 is 1.90 bits per heavy atom. The SMILES string of the molecule is Cc1nn(Cc2ccccc2)c(C)c1CNC(=O)Cn1cnc2cc(F)ccc2c1=O. The molecule has 4 rings (SSSR count). The molecule has 0 unspecified atom stereocenters. The second-order valence-electron chi connectivity index (χ2n) is 7.41. The average molecular weight is 419 g/mol. The molecule has 0 saturated carbocycles. The van der Waals surface area contributed by atoms with Crippen molar-refractivity contribution in [2.75, 3.05) is 0 Å². The molecule has 0 aliphatic carbocycles. The van der Waals surface area contributed by atoms with Crippen LogP contribution < -0.4 is 10.9 Å². The summed E-state index contributed by atoms with van der Waals surface area (Å²) in [5.41, 5.74) is 3.80. The standard InChI is InChI=1S/C23H22FN5O2/c1-15-20(16(2)29(27-15)12-17-6-4-3-5-7-17)11-25-22(30)13-28-14-26-21-10-18(24)8-9-19(21)23(28)31/h3-10,14H,11-13H2,1-2H3,(H,25,30). The van der Waals surface area contributed by atoms with Gasteiger partial charge in [-0.15, -0.1) is 0 Å². The Morgan fingerprint density at radius 1 is 1.13 bits per heavy atom. The Balaban J connectivity index is 1.45. The molecule has 0 spiro atoms. The first-order valence-corrected chi connectivity index (χ1v) is 9.90. The Kier molecular flexibility index (Phi) is 5.62. The van der Waals surface area contributed by atoms with E-state index < -0.39 is 5.82 Å². The molecule has 4 aromatic rings. The number of fused-ring (bicyclic) bond motifs is 1. The normalized spacial score (nSPS) is 11.1. The molecule has 2 aromatic heterocycles. The molecule has 8 heteroatoms. The molecule has 158 valence electrons. The summed E-state index contributed by atoms with van der Waals surface area (Å²) in [7, 11) is 0. The first kappa shape index (κ1) is 20.5. The van der Waals surface area contributed by atoms with E-state index in [4.69, 9.17) is 0 Å². The Labute approximate surface area is 178 Å². The Hall–Kier alpha value is -3.81. The number of nitrogens with zero attached hydrogens (tertiary/aromatic N) is 4. The van der Waals surface area contributed by atoms with E-state index in [2.05, 4.69) is 15.4 Å². The number of benzene rings is 2. The minimum atomic E-state index is -0.464. The van der Waals surface area contributed by atoms with Crippen LogP contribution in [-0.2, 0) is 24.4 Å². The molecule has 0 aliphatic rings. The zero-order chi connectivity index (χ0) is 22.0. The second-order valence-corrected chi connectivity index (χ2v) is 7.41. The van der Waals surface area contributed by atoms with E-state index in [9.17, 15) is 14.0 Å². The van der Waals surface area contributed by atoms with Crippen molar-refractivity contribution >= 4 is 16.8 Å². The van der Waals surface area contributed by atoms with Crippen LogP contribution in [0.4, 0.5) is 4.39 Å². The van der Waals surface area contributed by atoms with Gasteiger partial charge in [0.15, 0.2) is 0 Å². The topological polar surface area (TPSA) is 81.8 Å². The maximum Gasteiger partial charge on any atom is 0.261 e. The van der Waals surface area contributed by atoms with Gasteiger partial charge in [-0.3, -0.25) is 18.8 Å². The van der Waals surface area contributed by atoms with Crippen LogP contribution in [0.1, 0.15) is 22.5 Å². The van der Waals surface area contributed by atoms with Crippen molar-refractivity contribution in [1.29, 1.82) is 0 Å². The number of halogens is 1. The third-order valence-corrected chi connectivity index (χ3v) is 5.27. The fourth-order valence-electron chi connectivity index (χ4n) is 3.54. The number of carbonyl (C=O) groups is 1. The molecule has 1 amide bonds. The maximum atomic E-state index is 13.3. The molecule has 0 saturated heterocycles. The van der Waals surface area contributed by atoms with Crippen molar-refractivity contribution in [3.63, 3.8) is 0 Å². The lowest BCUT2D eigenvalue weighted by molar-refractivity contribution is -0.121. The molecular weight excluding hydrogens is 397 g/mol. The van der Waals surface area contributed by atoms with Crippen LogP contribution in [0.3, 0.4) is 0 Å². The minimum absolute atomic E-state index is 0.171. The Morgan fingerprint density at radius 3 is 2.68 bits per heavy atom. The van der Waals surface area contributed by atoms with Crippen LogP contribution in [0.25, 0.3) is 10.9 Å². The molecule has 0 atom stereocenters. The van der Waals surface area contributed by atoms with Gasteiger partial charge in [-0.2, -0.15) is 5.10 Å². The van der Waals surface area contributed by atoms with Crippen LogP contribution in [0, 0.1) is 19.7 Å². The highest BCUT2D eigenvalue weighted by Gasteiger charge is 2.14. The summed E-state index contributed by atoms with van der Waals surface area (Å²) in [6.45, 7) is 4.68. The molecule has 2 aromatic carbocycles. The fraction of sp³-hybridized carbons (Fsp3) is 0.217. The molecule has 0 fully saturated rings. The highest BCUT2D eigenvalue weighted by Crippen LogP contribution is 2.15. The number of nitrogens with one attached hydrogen (secondary N) is 1. The molecule has 0 aliphatic heterocycles. The van der Waals surface area contributed by atoms with Gasteiger partial charge in [-0.05, 0) is 31.5 Å². The van der Waals surface area contributed by atoms with Gasteiger partial charge in [0.25, 0.3) is 5.56 Å². The highest BCUT2D eigenvalue weighted by molar-refractivity contribution is 5.79. The minimum Gasteiger partial charge on any atom is -0.350 e. The van der Waals surface area contributed by atoms with E-state index in [-0.39, 0.29) is 28.9 Å². The highest BCUT2D eigenvalue weighted by atomic mass is 19.1. The predicted molar refractivity (Wildman–Crippen MR) is 115 cm³/mol. The fourth-order valence-corrected chi connectivity index (χ4v) is 3.54. The number of carbonyl (C=O) groups excluding carboxylic acids is 1. The summed E-state index contributed by atoms with van der Waals surface area (Å²) in [6.07, 6.45) is 1.26. The lowest BCUT2D eigenvalue weighted by atomic mass is 10.2. The van der Waals surface area contributed by atoms with Gasteiger partial charge in [0.1, 0.15) is 12.4 Å². The number of amides is 1. The van der Waals surface area contributed by atoms with Crippen molar-refractivity contribution < 1.29 is 9.18 Å². The van der Waals surface area contributed by atoms with E-state index in [1.807, 2.05) is 48.9 Å². The number of aryl methyl sites for hydroxylation is 1. The molecule has 31 heavy (non-hydrogen) atoms. The van der Waals surface area contributed by atoms with E-state index in [1.165, 1.54) is 29.1 Å². The lowest BCUT2D eigenvalue weighted by Gasteiger charge is -2.09. The molecule has 0 bridgehead atoms. The van der Waals surface area contributed by atoms with Crippen LogP contribution in [-0.4, -0.2) is 25.2 Å². The van der Waals surface area contributed by atoms with Crippen LogP contribution in [0.2, 0.25) is 0 Å². The number of aromatic nitrogens is 4. The second kappa shape index (κ2) is 8.51. The van der Waals surface area contributed by atoms with Crippen molar-refractivity contribution in [3.05, 3.63) is 93.5 Å². The molecule has 1 N–H and O–H groups in total. The van der Waals surface area contributed by atoms with Crippen molar-refractivity contribution in [3.8, 4) is 0 Å². The van der Waals surface area contributed by atoms with E-state index >= 15 is 0 Å². The predicted octanol–water partition coefficient (Wildman–Crippen LogP) is 2.71. The van der Waals surface area contributed by atoms with Gasteiger partial charge < -0.3 is 5.32 Å². The summed E-state index contributed by atoms with van der Waals surface area (Å²) in [5.74, 6) is -0.784. The summed E-state index contributed by atoms with van der Waals surface area (Å²) >= 11 is 0. The van der Waals surface area contributed by atoms with Gasteiger partial charge in [0.2, 0.25) is 5.91 Å². The number of hydrogen-bond acceptors (Lipinski definition) is 4. The van der Waals surface area contributed by atoms with Gasteiger partial charge in [-0.1, -0.05) is 30.3 Å². The van der Waals surface area contributed by atoms with Gasteiger partial charge in [-0.25, -0.2) is 9.37 Å². The summed E-state index contributed by atoms with van der Waals surface area (Å²) in [5, 5.41) is 7.71. The van der Waals surface area contributed by atoms with Gasteiger partial charge in [0.05, 0.1) is 29.5 Å². The third-order valence-electron chi connectivity index (χ3n) is 5.27. The van der Waals surface area contributed by atoms with Crippen molar-refractivity contribution in [2.24, 2.45) is 0 Å². The molecule has 7 nitrogen and oxygen atoms in total. The number of hydrogen-bond donors (Lipinski definition) is 1. The summed E-state index contributed by atoms with van der Waals surface area (Å²) < 4.78 is 16.4. The summed E-state index contributed by atoms with van der Waals surface area (Å²) in [4.78, 5) is 29.1. The van der Waals surface area contributed by atoms with E-state index in [1.54, 1.807) is 0 Å². The third kappa shape index (κ3) is 4.37. The maximum absolute atomic E-state index is 13.3. The molecule has 0 radical (unpaired) electrons. The largest absolute Gasteiger partial charge is 0.350 e. The zero-order valence-corrected chi connectivity index (χ0v) is 17.3. The van der Waals surface area contributed by atoms with E-state index in [0.717, 1.165) is 22.5 Å². The quantitative estimate of drug-likeness (QED) is 0.521. The van der Waals surface area contributed by atoms with Crippen LogP contribution >= 0.6 is 0 Å². The van der Waals surface area contributed by atoms with Crippen molar-refractivity contribution in [1.82, 2.24) is 24.6 Å². The lowest BCUT2D eigenvalue weighted by Crippen LogP contribution is -2.32. The number of rotatable bonds is 6. The van der Waals surface area contributed by atoms with E-state index in [0.29, 0.717) is 13.1 Å². The van der Waals surface area contributed by atoms with Crippen LogP contribution in [0.15, 0.2) is 59.7 Å². The Bertz CT molecular complexity index is 1310. The van der Waals surface area contributed by atoms with Gasteiger partial charge in [0, 0.05) is 23.9 Å². The van der Waals surface area contributed by atoms with Gasteiger partial charge >= 0.3 is 0 Å². The zero-order valence-electron chi connectivity index (χ0n) is 17.3. The molecule has 2 heterocycles. The average Bonchev–Trinajstić information content (AvgIpc) is 3.01. The summed E-state index contributed by atoms with van der Waals surface area (Å²) in [6, 6.07) is 13.8.